The molecule has 0 atom stereocenters. The Kier molecular flexibility index (Phi) is 5.89. The molecule has 2 aromatic carbocycles. The van der Waals surface area contributed by atoms with Gasteiger partial charge in [0.25, 0.3) is 5.91 Å². The number of nitrogens with zero attached hydrogens (tertiary/aromatic N) is 4. The quantitative estimate of drug-likeness (QED) is 0.492. The molecule has 1 aliphatic rings. The number of aryl methyl sites for hydroxylation is 1. The molecule has 2 amide bonds. The van der Waals surface area contributed by atoms with Gasteiger partial charge < -0.3 is 19.2 Å². The van der Waals surface area contributed by atoms with Gasteiger partial charge in [0.1, 0.15) is 0 Å². The van der Waals surface area contributed by atoms with Gasteiger partial charge in [-0.1, -0.05) is 30.3 Å². The number of benzene rings is 2. The van der Waals surface area contributed by atoms with E-state index in [2.05, 4.69) is 15.0 Å². The van der Waals surface area contributed by atoms with E-state index in [9.17, 15) is 9.59 Å². The molecule has 2 aromatic heterocycles. The Bertz CT molecular complexity index is 1260. The smallest absolute Gasteiger partial charge is 0.254 e. The number of H-pyrrole nitrogens is 1. The number of aromatic amines is 1. The van der Waals surface area contributed by atoms with Crippen molar-refractivity contribution in [1.82, 2.24) is 24.8 Å². The first-order chi connectivity index (χ1) is 16.2. The maximum absolute atomic E-state index is 12.8. The highest BCUT2D eigenvalue weighted by atomic mass is 16.4. The van der Waals surface area contributed by atoms with Crippen LogP contribution < -0.4 is 0 Å². The fourth-order valence-electron chi connectivity index (χ4n) is 4.12. The van der Waals surface area contributed by atoms with E-state index in [1.54, 1.807) is 23.5 Å². The first-order valence-electron chi connectivity index (χ1n) is 11.2. The predicted molar refractivity (Wildman–Crippen MR) is 123 cm³/mol. The van der Waals surface area contributed by atoms with Gasteiger partial charge >= 0.3 is 0 Å². The van der Waals surface area contributed by atoms with Crippen molar-refractivity contribution in [3.05, 3.63) is 72.5 Å². The van der Waals surface area contributed by atoms with Crippen LogP contribution in [0.5, 0.6) is 0 Å². The van der Waals surface area contributed by atoms with Crippen LogP contribution in [0, 0.1) is 0 Å². The second-order valence-corrected chi connectivity index (χ2v) is 8.15. The Balaban J connectivity index is 1.08. The molecular formula is C25H25N5O3. The van der Waals surface area contributed by atoms with E-state index in [1.165, 1.54) is 0 Å². The molecule has 8 heteroatoms. The highest BCUT2D eigenvalue weighted by Gasteiger charge is 2.25. The van der Waals surface area contributed by atoms with Crippen LogP contribution in [-0.2, 0) is 11.2 Å². The third kappa shape index (κ3) is 4.64. The van der Waals surface area contributed by atoms with E-state index in [0.29, 0.717) is 56.9 Å². The van der Waals surface area contributed by atoms with E-state index in [-0.39, 0.29) is 11.8 Å². The fourth-order valence-corrected chi connectivity index (χ4v) is 4.12. The third-order valence-electron chi connectivity index (χ3n) is 5.98. The third-order valence-corrected chi connectivity index (χ3v) is 5.98. The van der Waals surface area contributed by atoms with E-state index in [4.69, 9.17) is 4.42 Å². The average Bonchev–Trinajstić information content (AvgIpc) is 3.53. The summed E-state index contributed by atoms with van der Waals surface area (Å²) in [5.41, 5.74) is 3.30. The van der Waals surface area contributed by atoms with Gasteiger partial charge in [-0.05, 0) is 24.6 Å². The van der Waals surface area contributed by atoms with Crippen molar-refractivity contribution in [3.8, 4) is 11.3 Å². The second-order valence-electron chi connectivity index (χ2n) is 8.15. The van der Waals surface area contributed by atoms with Crippen LogP contribution in [0.15, 0.2) is 65.5 Å². The first-order valence-corrected chi connectivity index (χ1v) is 11.2. The van der Waals surface area contributed by atoms with Crippen molar-refractivity contribution < 1.29 is 14.0 Å². The Morgan fingerprint density at radius 3 is 2.58 bits per heavy atom. The van der Waals surface area contributed by atoms with Crippen molar-refractivity contribution >= 4 is 22.8 Å². The van der Waals surface area contributed by atoms with Crippen LogP contribution in [0.3, 0.4) is 0 Å². The molecule has 5 rings (SSSR count). The molecule has 1 saturated heterocycles. The lowest BCUT2D eigenvalue weighted by Crippen LogP contribution is -2.50. The predicted octanol–water partition coefficient (Wildman–Crippen LogP) is 3.53. The van der Waals surface area contributed by atoms with Gasteiger partial charge in [0.05, 0.1) is 23.6 Å². The Morgan fingerprint density at radius 1 is 0.970 bits per heavy atom. The normalized spacial score (nSPS) is 14.1. The van der Waals surface area contributed by atoms with Crippen LogP contribution in [0.4, 0.5) is 0 Å². The van der Waals surface area contributed by atoms with Crippen molar-refractivity contribution in [2.45, 2.75) is 19.3 Å². The molecule has 1 fully saturated rings. The molecule has 1 N–H and O–H groups in total. The zero-order valence-corrected chi connectivity index (χ0v) is 18.2. The number of hydrogen-bond acceptors (Lipinski definition) is 5. The van der Waals surface area contributed by atoms with E-state index in [0.717, 1.165) is 22.4 Å². The van der Waals surface area contributed by atoms with E-state index >= 15 is 0 Å². The largest absolute Gasteiger partial charge is 0.441 e. The molecule has 168 valence electrons. The molecule has 0 bridgehead atoms. The number of hydrogen-bond donors (Lipinski definition) is 1. The maximum Gasteiger partial charge on any atom is 0.254 e. The first kappa shape index (κ1) is 20.9. The summed E-state index contributed by atoms with van der Waals surface area (Å²) >= 11 is 0. The summed E-state index contributed by atoms with van der Waals surface area (Å²) < 4.78 is 5.81. The monoisotopic (exact) mass is 443 g/mol. The number of fused-ring (bicyclic) bond motifs is 1. The Morgan fingerprint density at radius 2 is 1.76 bits per heavy atom. The average molecular weight is 444 g/mol. The lowest BCUT2D eigenvalue weighted by Gasteiger charge is -2.35. The summed E-state index contributed by atoms with van der Waals surface area (Å²) in [6.45, 7) is 2.17. The van der Waals surface area contributed by atoms with E-state index < -0.39 is 0 Å². The number of amides is 2. The number of imidazole rings is 1. The lowest BCUT2D eigenvalue weighted by atomic mass is 10.1. The number of aromatic nitrogens is 3. The lowest BCUT2D eigenvalue weighted by molar-refractivity contribution is -0.132. The molecular weight excluding hydrogens is 418 g/mol. The molecule has 8 nitrogen and oxygen atoms in total. The summed E-state index contributed by atoms with van der Waals surface area (Å²) in [6.07, 6.45) is 5.08. The number of carbonyl (C=O) groups excluding carboxylic acids is 2. The van der Waals surface area contributed by atoms with Crippen LogP contribution in [0.25, 0.3) is 22.4 Å². The number of carbonyl (C=O) groups is 2. The summed E-state index contributed by atoms with van der Waals surface area (Å²) in [5, 5.41) is 0. The molecule has 3 heterocycles. The van der Waals surface area contributed by atoms with Gasteiger partial charge in [-0.3, -0.25) is 9.59 Å². The topological polar surface area (TPSA) is 95.3 Å². The molecule has 0 aliphatic carbocycles. The summed E-state index contributed by atoms with van der Waals surface area (Å²) in [5.74, 6) is 1.48. The minimum atomic E-state index is -0.0169. The molecule has 1 aliphatic heterocycles. The summed E-state index contributed by atoms with van der Waals surface area (Å²) in [6, 6.07) is 15.3. The molecule has 0 unspecified atom stereocenters. The van der Waals surface area contributed by atoms with Crippen LogP contribution >= 0.6 is 0 Å². The molecule has 0 radical (unpaired) electrons. The van der Waals surface area contributed by atoms with Gasteiger partial charge in [0, 0.05) is 50.1 Å². The Hall–Kier alpha value is -3.94. The van der Waals surface area contributed by atoms with Crippen LogP contribution in [-0.4, -0.2) is 62.7 Å². The van der Waals surface area contributed by atoms with Gasteiger partial charge in [-0.15, -0.1) is 0 Å². The number of nitrogens with one attached hydrogen (secondary N) is 1. The highest BCUT2D eigenvalue weighted by molar-refractivity contribution is 5.97. The Labute approximate surface area is 191 Å². The van der Waals surface area contributed by atoms with Crippen molar-refractivity contribution in [3.63, 3.8) is 0 Å². The number of rotatable bonds is 6. The fraction of sp³-hybridized carbons (Fsp3) is 0.280. The van der Waals surface area contributed by atoms with Gasteiger partial charge in [0.15, 0.2) is 11.7 Å². The minimum Gasteiger partial charge on any atom is -0.441 e. The number of piperazine rings is 1. The van der Waals surface area contributed by atoms with Crippen LogP contribution in [0.1, 0.15) is 29.1 Å². The SMILES string of the molecule is O=C(CCCc1ncc(-c2ccccc2)o1)N1CCN(C(=O)c2ccc3nc[nH]c3c2)CC1. The van der Waals surface area contributed by atoms with Crippen molar-refractivity contribution in [2.24, 2.45) is 0 Å². The second kappa shape index (κ2) is 9.28. The van der Waals surface area contributed by atoms with Crippen molar-refractivity contribution in [2.75, 3.05) is 26.2 Å². The number of oxazole rings is 1. The maximum atomic E-state index is 12.8. The van der Waals surface area contributed by atoms with Crippen molar-refractivity contribution in [1.29, 1.82) is 0 Å². The molecule has 0 saturated carbocycles. The van der Waals surface area contributed by atoms with Gasteiger partial charge in [0.2, 0.25) is 5.91 Å². The zero-order chi connectivity index (χ0) is 22.6. The van der Waals surface area contributed by atoms with Crippen LogP contribution in [0.2, 0.25) is 0 Å². The molecule has 33 heavy (non-hydrogen) atoms. The van der Waals surface area contributed by atoms with Gasteiger partial charge in [-0.25, -0.2) is 9.97 Å². The zero-order valence-electron chi connectivity index (χ0n) is 18.2. The van der Waals surface area contributed by atoms with Gasteiger partial charge in [-0.2, -0.15) is 0 Å². The standard InChI is InChI=1S/C25H25N5O3/c31-24(8-4-7-23-26-16-22(33-23)18-5-2-1-3-6-18)29-11-13-30(14-12-29)25(32)19-9-10-20-21(15-19)28-17-27-20/h1-3,5-6,9-10,15-17H,4,7-8,11-14H2,(H,27,28). The minimum absolute atomic E-state index is 0.0169. The molecule has 0 spiro atoms. The highest BCUT2D eigenvalue weighted by Crippen LogP contribution is 2.21. The van der Waals surface area contributed by atoms with E-state index in [1.807, 2.05) is 47.4 Å². The molecule has 4 aromatic rings. The summed E-state index contributed by atoms with van der Waals surface area (Å²) in [4.78, 5) is 40.7. The summed E-state index contributed by atoms with van der Waals surface area (Å²) in [7, 11) is 0.